The van der Waals surface area contributed by atoms with Gasteiger partial charge >= 0.3 is 0 Å². The van der Waals surface area contributed by atoms with Gasteiger partial charge in [-0.2, -0.15) is 5.26 Å². The minimum atomic E-state index is -0.714. The number of nitrogens with one attached hydrogen (secondary N) is 1. The third-order valence-corrected chi connectivity index (χ3v) is 3.91. The van der Waals surface area contributed by atoms with Crippen LogP contribution in [0.25, 0.3) is 0 Å². The number of carbonyl (C=O) groups is 1. The van der Waals surface area contributed by atoms with Crippen molar-refractivity contribution < 1.29 is 9.18 Å². The average molecular weight is 445 g/mol. The van der Waals surface area contributed by atoms with E-state index >= 15 is 0 Å². The molecule has 0 heterocycles. The molecule has 100 valence electrons. The number of rotatable bonds is 2. The summed E-state index contributed by atoms with van der Waals surface area (Å²) in [5, 5.41) is 11.3. The fourth-order valence-corrected chi connectivity index (χ4v) is 2.99. The third-order valence-electron chi connectivity index (χ3n) is 2.52. The Labute approximate surface area is 137 Å². The summed E-state index contributed by atoms with van der Waals surface area (Å²) in [6, 6.07) is 10.9. The quantitative estimate of drug-likeness (QED) is 0.701. The summed E-state index contributed by atoms with van der Waals surface area (Å²) in [5.41, 5.74) is 0.683. The van der Waals surface area contributed by atoms with Crippen LogP contribution in [0.5, 0.6) is 0 Å². The van der Waals surface area contributed by atoms with Crippen molar-refractivity contribution in [3.05, 3.63) is 61.4 Å². The lowest BCUT2D eigenvalue weighted by Gasteiger charge is -2.08. The standard InChI is InChI=1S/C14H7BrFIN2O/c15-9-2-4-13(12(17)6-9)19-14(20)10-3-1-8(7-18)5-11(10)16/h1-6H,(H,19,20). The molecule has 0 radical (unpaired) electrons. The van der Waals surface area contributed by atoms with E-state index in [4.69, 9.17) is 5.26 Å². The molecule has 6 heteroatoms. The van der Waals surface area contributed by atoms with E-state index in [0.717, 1.165) is 14.1 Å². The van der Waals surface area contributed by atoms with E-state index in [2.05, 4.69) is 43.8 Å². The number of hydrogen-bond acceptors (Lipinski definition) is 2. The first-order chi connectivity index (χ1) is 9.51. The van der Waals surface area contributed by atoms with Crippen LogP contribution in [0.2, 0.25) is 0 Å². The van der Waals surface area contributed by atoms with E-state index in [1.165, 1.54) is 12.1 Å². The first-order valence-corrected chi connectivity index (χ1v) is 7.34. The van der Waals surface area contributed by atoms with Gasteiger partial charge in [-0.25, -0.2) is 4.39 Å². The summed E-state index contributed by atoms with van der Waals surface area (Å²) in [6.07, 6.45) is 0. The minimum absolute atomic E-state index is 0.0947. The highest BCUT2D eigenvalue weighted by Crippen LogP contribution is 2.23. The smallest absolute Gasteiger partial charge is 0.258 e. The van der Waals surface area contributed by atoms with Gasteiger partial charge in [-0.15, -0.1) is 0 Å². The Hall–Kier alpha value is -1.46. The Morgan fingerprint density at radius 3 is 2.65 bits per heavy atom. The van der Waals surface area contributed by atoms with Crippen molar-refractivity contribution >= 4 is 50.1 Å². The van der Waals surface area contributed by atoms with Crippen LogP contribution in [0.15, 0.2) is 40.9 Å². The Morgan fingerprint density at radius 2 is 2.05 bits per heavy atom. The molecule has 2 aromatic rings. The van der Waals surface area contributed by atoms with E-state index in [-0.39, 0.29) is 11.1 Å². The zero-order chi connectivity index (χ0) is 14.7. The number of nitrogens with zero attached hydrogens (tertiary/aromatic N) is 1. The monoisotopic (exact) mass is 444 g/mol. The predicted octanol–water partition coefficient (Wildman–Crippen LogP) is 4.32. The highest BCUT2D eigenvalue weighted by atomic mass is 127. The summed E-state index contributed by atoms with van der Waals surface area (Å²) >= 11 is 5.40. The van der Waals surface area contributed by atoms with Gasteiger partial charge in [-0.1, -0.05) is 15.9 Å². The second-order valence-corrected chi connectivity index (χ2v) is 5.96. The molecule has 0 bridgehead atoms. The Kier molecular flexibility index (Phi) is 4.73. The first kappa shape index (κ1) is 14.9. The molecule has 3 nitrogen and oxygen atoms in total. The van der Waals surface area contributed by atoms with Gasteiger partial charge in [-0.05, 0) is 59.0 Å². The van der Waals surface area contributed by atoms with E-state index in [1.807, 2.05) is 12.1 Å². The number of amides is 1. The molecule has 2 rings (SSSR count). The summed E-state index contributed by atoms with van der Waals surface area (Å²) in [6.45, 7) is 0. The van der Waals surface area contributed by atoms with Crippen molar-refractivity contribution in [2.24, 2.45) is 0 Å². The molecule has 0 unspecified atom stereocenters. The maximum Gasteiger partial charge on any atom is 0.258 e. The van der Waals surface area contributed by atoms with Crippen LogP contribution in [0.4, 0.5) is 10.1 Å². The molecule has 0 saturated heterocycles. The van der Waals surface area contributed by atoms with Gasteiger partial charge in [0.15, 0.2) is 0 Å². The number of hydrogen-bond donors (Lipinski definition) is 1. The van der Waals surface area contributed by atoms with Crippen LogP contribution in [-0.2, 0) is 0 Å². The number of carbonyl (C=O) groups excluding carboxylic acids is 1. The van der Waals surface area contributed by atoms with Gasteiger partial charge in [0.05, 0.1) is 22.9 Å². The number of benzene rings is 2. The lowest BCUT2D eigenvalue weighted by molar-refractivity contribution is 0.102. The van der Waals surface area contributed by atoms with Gasteiger partial charge in [0.25, 0.3) is 5.91 Å². The van der Waals surface area contributed by atoms with E-state index in [0.29, 0.717) is 5.69 Å². The van der Waals surface area contributed by atoms with Crippen LogP contribution >= 0.6 is 38.5 Å². The van der Waals surface area contributed by atoms with E-state index in [9.17, 15) is 9.18 Å². The summed E-state index contributed by atoms with van der Waals surface area (Å²) in [7, 11) is 0. The Balaban J connectivity index is 2.26. The molecular weight excluding hydrogens is 438 g/mol. The Bertz CT molecular complexity index is 728. The molecule has 0 aliphatic heterocycles. The maximum atomic E-state index is 13.7. The zero-order valence-corrected chi connectivity index (χ0v) is 13.7. The maximum absolute atomic E-state index is 13.7. The molecule has 0 atom stereocenters. The highest BCUT2D eigenvalue weighted by Gasteiger charge is 2.13. The average Bonchev–Trinajstić information content (AvgIpc) is 2.41. The van der Waals surface area contributed by atoms with Gasteiger partial charge in [0.1, 0.15) is 5.82 Å². The second-order valence-electron chi connectivity index (χ2n) is 3.88. The summed E-state index contributed by atoms with van der Waals surface area (Å²) in [4.78, 5) is 12.0. The van der Waals surface area contributed by atoms with Crippen molar-refractivity contribution in [2.45, 2.75) is 0 Å². The molecule has 1 N–H and O–H groups in total. The van der Waals surface area contributed by atoms with Crippen molar-refractivity contribution in [3.63, 3.8) is 0 Å². The molecule has 0 aromatic heterocycles. The van der Waals surface area contributed by atoms with Crippen molar-refractivity contribution in [2.75, 3.05) is 5.32 Å². The molecule has 2 aromatic carbocycles. The highest BCUT2D eigenvalue weighted by molar-refractivity contribution is 14.1. The predicted molar refractivity (Wildman–Crippen MR) is 85.9 cm³/mol. The fraction of sp³-hybridized carbons (Fsp3) is 0. The van der Waals surface area contributed by atoms with Crippen LogP contribution < -0.4 is 5.32 Å². The molecule has 0 aliphatic carbocycles. The van der Waals surface area contributed by atoms with E-state index < -0.39 is 11.7 Å². The molecule has 20 heavy (non-hydrogen) atoms. The lowest BCUT2D eigenvalue weighted by atomic mass is 10.1. The topological polar surface area (TPSA) is 52.9 Å². The van der Waals surface area contributed by atoms with Crippen LogP contribution in [0.3, 0.4) is 0 Å². The summed E-state index contributed by atoms with van der Waals surface area (Å²) < 4.78 is 15.5. The SMILES string of the molecule is N#Cc1ccc(C(=O)Nc2ccc(Br)cc2I)c(F)c1. The van der Waals surface area contributed by atoms with Gasteiger partial charge in [0, 0.05) is 8.04 Å². The largest absolute Gasteiger partial charge is 0.321 e. The van der Waals surface area contributed by atoms with Crippen molar-refractivity contribution in [3.8, 4) is 6.07 Å². The van der Waals surface area contributed by atoms with Crippen molar-refractivity contribution in [1.29, 1.82) is 5.26 Å². The zero-order valence-electron chi connectivity index (χ0n) is 9.95. The minimum Gasteiger partial charge on any atom is -0.321 e. The van der Waals surface area contributed by atoms with Crippen LogP contribution in [-0.4, -0.2) is 5.91 Å². The second kappa shape index (κ2) is 6.33. The van der Waals surface area contributed by atoms with Crippen molar-refractivity contribution in [1.82, 2.24) is 0 Å². The number of anilines is 1. The molecule has 0 spiro atoms. The third kappa shape index (κ3) is 3.35. The molecule has 0 aliphatic rings. The van der Waals surface area contributed by atoms with Crippen LogP contribution in [0, 0.1) is 20.7 Å². The Morgan fingerprint density at radius 1 is 1.30 bits per heavy atom. The van der Waals surface area contributed by atoms with Crippen LogP contribution in [0.1, 0.15) is 15.9 Å². The fourth-order valence-electron chi connectivity index (χ4n) is 1.55. The molecular formula is C14H7BrFIN2O. The number of halogens is 3. The summed E-state index contributed by atoms with van der Waals surface area (Å²) in [5.74, 6) is -1.26. The normalized spacial score (nSPS) is 9.90. The van der Waals surface area contributed by atoms with E-state index in [1.54, 1.807) is 12.1 Å². The molecule has 0 fully saturated rings. The van der Waals surface area contributed by atoms with Gasteiger partial charge in [-0.3, -0.25) is 4.79 Å². The van der Waals surface area contributed by atoms with Gasteiger partial charge < -0.3 is 5.32 Å². The van der Waals surface area contributed by atoms with Gasteiger partial charge in [0.2, 0.25) is 0 Å². The molecule has 0 saturated carbocycles. The lowest BCUT2D eigenvalue weighted by Crippen LogP contribution is -2.14. The molecule has 1 amide bonds. The number of nitriles is 1. The first-order valence-electron chi connectivity index (χ1n) is 5.47.